The lowest BCUT2D eigenvalue weighted by Gasteiger charge is -2.29. The number of nitrogens with one attached hydrogen (secondary N) is 3. The lowest BCUT2D eigenvalue weighted by atomic mass is 10.0. The maximum absolute atomic E-state index is 12.7. The zero-order valence-electron chi connectivity index (χ0n) is 16.1. The number of thiophene rings is 1. The summed E-state index contributed by atoms with van der Waals surface area (Å²) >= 11 is 7.53. The minimum Gasteiger partial charge on any atom is -0.333 e. The predicted octanol–water partition coefficient (Wildman–Crippen LogP) is 2.79. The molecule has 5 amide bonds. The van der Waals surface area contributed by atoms with E-state index in [0.29, 0.717) is 22.7 Å². The van der Waals surface area contributed by atoms with Gasteiger partial charge in [-0.2, -0.15) is 0 Å². The molecule has 2 aromatic rings. The number of fused-ring (bicyclic) bond motifs is 1. The molecule has 0 bridgehead atoms. The molecule has 8 nitrogen and oxygen atoms in total. The fraction of sp³-hybridized carbons (Fsp3) is 0.300. The Balaban J connectivity index is 1.40. The molecule has 1 atom stereocenters. The van der Waals surface area contributed by atoms with Crippen LogP contribution in [-0.4, -0.2) is 34.7 Å². The molecule has 156 valence electrons. The molecular weight excluding hydrogens is 428 g/mol. The van der Waals surface area contributed by atoms with Crippen molar-refractivity contribution in [2.45, 2.75) is 38.9 Å². The van der Waals surface area contributed by atoms with Gasteiger partial charge in [-0.25, -0.2) is 4.79 Å². The Morgan fingerprint density at radius 3 is 2.87 bits per heavy atom. The van der Waals surface area contributed by atoms with E-state index in [4.69, 9.17) is 11.6 Å². The van der Waals surface area contributed by atoms with Crippen molar-refractivity contribution < 1.29 is 19.2 Å². The molecule has 0 saturated carbocycles. The van der Waals surface area contributed by atoms with Gasteiger partial charge in [-0.1, -0.05) is 17.7 Å². The van der Waals surface area contributed by atoms with Crippen molar-refractivity contribution in [3.63, 3.8) is 0 Å². The summed E-state index contributed by atoms with van der Waals surface area (Å²) in [6.45, 7) is 2.44. The maximum Gasteiger partial charge on any atom is 0.319 e. The van der Waals surface area contributed by atoms with E-state index in [2.05, 4.69) is 16.0 Å². The van der Waals surface area contributed by atoms with Crippen LogP contribution < -0.4 is 16.0 Å². The second-order valence-corrected chi connectivity index (χ2v) is 8.61. The van der Waals surface area contributed by atoms with Crippen LogP contribution in [0.5, 0.6) is 0 Å². The summed E-state index contributed by atoms with van der Waals surface area (Å²) in [6, 6.07) is 4.28. The molecule has 3 heterocycles. The van der Waals surface area contributed by atoms with Gasteiger partial charge in [0.05, 0.1) is 22.8 Å². The SMILES string of the molecule is Cc1ccc(NC(=O)NCc2scc3c2CN(C2CCC(=O)NC2=O)C3=O)c(Cl)c1. The third kappa shape index (κ3) is 3.90. The van der Waals surface area contributed by atoms with Crippen LogP contribution in [-0.2, 0) is 22.7 Å². The number of piperidine rings is 1. The Morgan fingerprint density at radius 2 is 2.13 bits per heavy atom. The third-order valence-electron chi connectivity index (χ3n) is 5.17. The zero-order chi connectivity index (χ0) is 21.4. The highest BCUT2D eigenvalue weighted by Crippen LogP contribution is 2.33. The largest absolute Gasteiger partial charge is 0.333 e. The highest BCUT2D eigenvalue weighted by molar-refractivity contribution is 7.10. The number of benzene rings is 1. The molecule has 1 saturated heterocycles. The van der Waals surface area contributed by atoms with Gasteiger partial charge in [-0.3, -0.25) is 19.7 Å². The fourth-order valence-electron chi connectivity index (χ4n) is 3.60. The number of urea groups is 1. The van der Waals surface area contributed by atoms with Crippen LogP contribution in [0.2, 0.25) is 5.02 Å². The Morgan fingerprint density at radius 1 is 1.33 bits per heavy atom. The van der Waals surface area contributed by atoms with Crippen LogP contribution >= 0.6 is 22.9 Å². The van der Waals surface area contributed by atoms with Gasteiger partial charge in [0.25, 0.3) is 5.91 Å². The van der Waals surface area contributed by atoms with Gasteiger partial charge < -0.3 is 15.5 Å². The van der Waals surface area contributed by atoms with E-state index in [1.165, 1.54) is 16.2 Å². The van der Waals surface area contributed by atoms with Crippen LogP contribution in [0, 0.1) is 6.92 Å². The van der Waals surface area contributed by atoms with Crippen molar-refractivity contribution in [3.8, 4) is 0 Å². The number of amides is 5. The van der Waals surface area contributed by atoms with E-state index in [1.54, 1.807) is 17.5 Å². The molecule has 0 spiro atoms. The molecule has 1 aromatic carbocycles. The zero-order valence-corrected chi connectivity index (χ0v) is 17.7. The van der Waals surface area contributed by atoms with Gasteiger partial charge >= 0.3 is 6.03 Å². The summed E-state index contributed by atoms with van der Waals surface area (Å²) in [6.07, 6.45) is 0.528. The normalized spacial score (nSPS) is 18.3. The van der Waals surface area contributed by atoms with Crippen LogP contribution in [0.25, 0.3) is 0 Å². The van der Waals surface area contributed by atoms with Crippen molar-refractivity contribution in [2.75, 3.05) is 5.32 Å². The summed E-state index contributed by atoms with van der Waals surface area (Å²) in [5.41, 5.74) is 2.85. The average Bonchev–Trinajstić information content (AvgIpc) is 3.23. The number of hydrogen-bond acceptors (Lipinski definition) is 5. The van der Waals surface area contributed by atoms with Crippen LogP contribution in [0.15, 0.2) is 23.6 Å². The fourth-order valence-corrected chi connectivity index (χ4v) is 4.86. The lowest BCUT2D eigenvalue weighted by molar-refractivity contribution is -0.136. The van der Waals surface area contributed by atoms with Crippen LogP contribution in [0.1, 0.15) is 39.2 Å². The minimum atomic E-state index is -0.652. The van der Waals surface area contributed by atoms with Crippen molar-refractivity contribution in [1.82, 2.24) is 15.5 Å². The Hall–Kier alpha value is -2.91. The van der Waals surface area contributed by atoms with Crippen molar-refractivity contribution in [2.24, 2.45) is 0 Å². The molecule has 3 N–H and O–H groups in total. The smallest absolute Gasteiger partial charge is 0.319 e. The first-order valence-corrected chi connectivity index (χ1v) is 10.6. The van der Waals surface area contributed by atoms with Gasteiger partial charge in [0.15, 0.2) is 0 Å². The summed E-state index contributed by atoms with van der Waals surface area (Å²) in [5.74, 6) is -0.984. The highest BCUT2D eigenvalue weighted by Gasteiger charge is 2.40. The minimum absolute atomic E-state index is 0.211. The number of hydrogen-bond donors (Lipinski definition) is 3. The summed E-state index contributed by atoms with van der Waals surface area (Å²) in [4.78, 5) is 50.8. The van der Waals surface area contributed by atoms with Crippen LogP contribution in [0.4, 0.5) is 10.5 Å². The predicted molar refractivity (Wildman–Crippen MR) is 112 cm³/mol. The first kappa shape index (κ1) is 20.4. The molecule has 4 rings (SSSR count). The number of rotatable bonds is 4. The first-order valence-electron chi connectivity index (χ1n) is 9.38. The van der Waals surface area contributed by atoms with E-state index >= 15 is 0 Å². The monoisotopic (exact) mass is 446 g/mol. The molecule has 1 fully saturated rings. The lowest BCUT2D eigenvalue weighted by Crippen LogP contribution is -2.52. The van der Waals surface area contributed by atoms with E-state index in [1.807, 2.05) is 13.0 Å². The number of aryl methyl sites for hydroxylation is 1. The van der Waals surface area contributed by atoms with E-state index in [9.17, 15) is 19.2 Å². The molecule has 2 aliphatic rings. The quantitative estimate of drug-likeness (QED) is 0.627. The standard InChI is InChI=1S/C20H19ClN4O4S/c1-10-2-3-14(13(21)6-10)23-20(29)22-7-16-11-8-25(19(28)12(11)9-30-16)15-4-5-17(26)24-18(15)27/h2-3,6,9,15H,4-5,7-8H2,1H3,(H2,22,23,29)(H,24,26,27). The molecule has 10 heteroatoms. The van der Waals surface area contributed by atoms with Crippen molar-refractivity contribution >= 4 is 52.4 Å². The van der Waals surface area contributed by atoms with E-state index in [-0.39, 0.29) is 31.3 Å². The second-order valence-electron chi connectivity index (χ2n) is 7.24. The number of imide groups is 1. The Kier molecular flexibility index (Phi) is 5.48. The van der Waals surface area contributed by atoms with Crippen LogP contribution in [0.3, 0.4) is 0 Å². The Labute approximate surface area is 181 Å². The van der Waals surface area contributed by atoms with Gasteiger partial charge in [0, 0.05) is 23.2 Å². The van der Waals surface area contributed by atoms with E-state index in [0.717, 1.165) is 16.0 Å². The molecule has 1 unspecified atom stereocenters. The molecule has 2 aliphatic heterocycles. The number of carbonyl (C=O) groups is 4. The third-order valence-corrected chi connectivity index (χ3v) is 6.51. The first-order chi connectivity index (χ1) is 14.3. The molecule has 30 heavy (non-hydrogen) atoms. The second kappa shape index (κ2) is 8.08. The van der Waals surface area contributed by atoms with Gasteiger partial charge in [0.2, 0.25) is 11.8 Å². The summed E-state index contributed by atoms with van der Waals surface area (Å²) < 4.78 is 0. The van der Waals surface area contributed by atoms with Gasteiger partial charge in [-0.15, -0.1) is 11.3 Å². The summed E-state index contributed by atoms with van der Waals surface area (Å²) in [7, 11) is 0. The van der Waals surface area contributed by atoms with Crippen molar-refractivity contribution in [1.29, 1.82) is 0 Å². The van der Waals surface area contributed by atoms with Gasteiger partial charge in [-0.05, 0) is 36.6 Å². The number of anilines is 1. The number of nitrogens with zero attached hydrogens (tertiary/aromatic N) is 1. The average molecular weight is 447 g/mol. The Bertz CT molecular complexity index is 1070. The van der Waals surface area contributed by atoms with Gasteiger partial charge in [0.1, 0.15) is 6.04 Å². The molecule has 0 aliphatic carbocycles. The maximum atomic E-state index is 12.7. The van der Waals surface area contributed by atoms with E-state index < -0.39 is 18.0 Å². The number of halogens is 1. The molecule has 0 radical (unpaired) electrons. The summed E-state index contributed by atoms with van der Waals surface area (Å²) in [5, 5.41) is 9.97. The molecular formula is C20H19ClN4O4S. The topological polar surface area (TPSA) is 108 Å². The molecule has 1 aromatic heterocycles. The van der Waals surface area contributed by atoms with Crippen molar-refractivity contribution in [3.05, 3.63) is 50.2 Å². The highest BCUT2D eigenvalue weighted by atomic mass is 35.5. The number of carbonyl (C=O) groups excluding carboxylic acids is 4.